The van der Waals surface area contributed by atoms with Gasteiger partial charge >= 0.3 is 11.9 Å². The van der Waals surface area contributed by atoms with Gasteiger partial charge < -0.3 is 9.47 Å². The molecule has 2 aliphatic rings. The minimum Gasteiger partial charge on any atom is -0.469 e. The fourth-order valence-electron chi connectivity index (χ4n) is 3.18. The van der Waals surface area contributed by atoms with Gasteiger partial charge in [0.2, 0.25) is 0 Å². The topological polar surface area (TPSA) is 52.6 Å². The summed E-state index contributed by atoms with van der Waals surface area (Å²) in [4.78, 5) is 23.8. The molecule has 1 heterocycles. The molecular weight excluding hydrogens is 232 g/mol. The van der Waals surface area contributed by atoms with E-state index in [4.69, 9.17) is 9.47 Å². The SMILES string of the molecule is COC(=O)[C@@H]1CC[C@H](C)[C@]12CC(=C(C)C)C(=O)O2. The maximum absolute atomic E-state index is 11.9. The molecule has 0 radical (unpaired) electrons. The van der Waals surface area contributed by atoms with Gasteiger partial charge in [0.05, 0.1) is 13.0 Å². The van der Waals surface area contributed by atoms with Crippen LogP contribution in [-0.4, -0.2) is 24.6 Å². The first-order valence-corrected chi connectivity index (χ1v) is 6.40. The van der Waals surface area contributed by atoms with Gasteiger partial charge in [-0.3, -0.25) is 4.79 Å². The summed E-state index contributed by atoms with van der Waals surface area (Å²) in [5, 5.41) is 0. The maximum atomic E-state index is 11.9. The molecule has 18 heavy (non-hydrogen) atoms. The average molecular weight is 252 g/mol. The Balaban J connectivity index is 2.38. The lowest BCUT2D eigenvalue weighted by Crippen LogP contribution is -2.42. The van der Waals surface area contributed by atoms with Gasteiger partial charge in [-0.2, -0.15) is 0 Å². The van der Waals surface area contributed by atoms with Crippen LogP contribution in [0, 0.1) is 11.8 Å². The fourth-order valence-corrected chi connectivity index (χ4v) is 3.18. The first-order chi connectivity index (χ1) is 8.42. The van der Waals surface area contributed by atoms with E-state index >= 15 is 0 Å². The highest BCUT2D eigenvalue weighted by molar-refractivity contribution is 5.93. The molecule has 1 spiro atoms. The molecule has 100 valence electrons. The first kappa shape index (κ1) is 13.1. The summed E-state index contributed by atoms with van der Waals surface area (Å²) >= 11 is 0. The minimum atomic E-state index is -0.670. The van der Waals surface area contributed by atoms with Crippen LogP contribution < -0.4 is 0 Å². The maximum Gasteiger partial charge on any atom is 0.334 e. The summed E-state index contributed by atoms with van der Waals surface area (Å²) in [6.45, 7) is 5.86. The molecule has 0 N–H and O–H groups in total. The number of hydrogen-bond donors (Lipinski definition) is 0. The van der Waals surface area contributed by atoms with Crippen molar-refractivity contribution in [2.75, 3.05) is 7.11 Å². The minimum absolute atomic E-state index is 0.197. The summed E-state index contributed by atoms with van der Waals surface area (Å²) in [6, 6.07) is 0. The van der Waals surface area contributed by atoms with Gasteiger partial charge in [0.15, 0.2) is 0 Å². The van der Waals surface area contributed by atoms with Crippen molar-refractivity contribution in [3.8, 4) is 0 Å². The normalized spacial score (nSPS) is 34.9. The molecule has 1 saturated carbocycles. The van der Waals surface area contributed by atoms with Crippen molar-refractivity contribution in [3.05, 3.63) is 11.1 Å². The lowest BCUT2D eigenvalue weighted by Gasteiger charge is -2.31. The van der Waals surface area contributed by atoms with E-state index < -0.39 is 5.60 Å². The highest BCUT2D eigenvalue weighted by atomic mass is 16.6. The van der Waals surface area contributed by atoms with Crippen LogP contribution in [0.3, 0.4) is 0 Å². The van der Waals surface area contributed by atoms with Gasteiger partial charge in [0, 0.05) is 12.0 Å². The molecule has 0 aromatic rings. The van der Waals surface area contributed by atoms with Crippen molar-refractivity contribution in [2.45, 2.75) is 45.6 Å². The Morgan fingerprint density at radius 1 is 1.39 bits per heavy atom. The summed E-state index contributed by atoms with van der Waals surface area (Å²) in [7, 11) is 1.39. The van der Waals surface area contributed by atoms with Crippen molar-refractivity contribution in [1.82, 2.24) is 0 Å². The van der Waals surface area contributed by atoms with Crippen LogP contribution in [0.2, 0.25) is 0 Å². The molecule has 2 fully saturated rings. The highest BCUT2D eigenvalue weighted by Crippen LogP contribution is 2.51. The second kappa shape index (κ2) is 4.41. The largest absolute Gasteiger partial charge is 0.469 e. The molecule has 1 aliphatic heterocycles. The van der Waals surface area contributed by atoms with E-state index in [1.165, 1.54) is 7.11 Å². The predicted molar refractivity (Wildman–Crippen MR) is 65.7 cm³/mol. The molecule has 4 heteroatoms. The summed E-state index contributed by atoms with van der Waals surface area (Å²) in [5.74, 6) is -0.652. The Labute approximate surface area is 107 Å². The van der Waals surface area contributed by atoms with Crippen LogP contribution in [0.25, 0.3) is 0 Å². The Bertz CT molecular complexity index is 420. The van der Waals surface area contributed by atoms with Crippen molar-refractivity contribution in [1.29, 1.82) is 0 Å². The lowest BCUT2D eigenvalue weighted by molar-refractivity contribution is -0.165. The zero-order chi connectivity index (χ0) is 13.5. The van der Waals surface area contributed by atoms with Crippen molar-refractivity contribution < 1.29 is 19.1 Å². The quantitative estimate of drug-likeness (QED) is 0.530. The number of hydrogen-bond acceptors (Lipinski definition) is 4. The second-order valence-corrected chi connectivity index (χ2v) is 5.55. The molecule has 0 aromatic heterocycles. The fraction of sp³-hybridized carbons (Fsp3) is 0.714. The second-order valence-electron chi connectivity index (χ2n) is 5.55. The number of carbonyl (C=O) groups excluding carboxylic acids is 2. The smallest absolute Gasteiger partial charge is 0.334 e. The van der Waals surface area contributed by atoms with Crippen LogP contribution in [0.4, 0.5) is 0 Å². The van der Waals surface area contributed by atoms with Gasteiger partial charge in [-0.15, -0.1) is 0 Å². The standard InChI is InChI=1S/C14H20O4/c1-8(2)10-7-14(18-12(10)15)9(3)5-6-11(14)13(16)17-4/h9,11H,5-7H2,1-4H3/t9-,11-,14+/m0/s1. The van der Waals surface area contributed by atoms with E-state index in [-0.39, 0.29) is 23.8 Å². The zero-order valence-electron chi connectivity index (χ0n) is 11.4. The van der Waals surface area contributed by atoms with Crippen LogP contribution in [0.1, 0.15) is 40.0 Å². The molecule has 3 atom stereocenters. The molecule has 0 bridgehead atoms. The van der Waals surface area contributed by atoms with Crippen molar-refractivity contribution >= 4 is 11.9 Å². The van der Waals surface area contributed by atoms with E-state index in [2.05, 4.69) is 0 Å². The third-order valence-corrected chi connectivity index (χ3v) is 4.38. The molecule has 2 rings (SSSR count). The predicted octanol–water partition coefficient (Wildman–Crippen LogP) is 2.23. The Morgan fingerprint density at radius 3 is 2.56 bits per heavy atom. The number of rotatable bonds is 1. The van der Waals surface area contributed by atoms with Crippen LogP contribution in [0.15, 0.2) is 11.1 Å². The molecule has 0 aromatic carbocycles. The monoisotopic (exact) mass is 252 g/mol. The van der Waals surface area contributed by atoms with Gasteiger partial charge in [0.1, 0.15) is 5.60 Å². The van der Waals surface area contributed by atoms with E-state index in [0.717, 1.165) is 24.0 Å². The highest BCUT2D eigenvalue weighted by Gasteiger charge is 2.59. The number of carbonyl (C=O) groups is 2. The number of esters is 2. The summed E-state index contributed by atoms with van der Waals surface area (Å²) < 4.78 is 10.5. The van der Waals surface area contributed by atoms with Crippen LogP contribution in [-0.2, 0) is 19.1 Å². The van der Waals surface area contributed by atoms with E-state index in [0.29, 0.717) is 6.42 Å². The number of allylic oxidation sites excluding steroid dienone is 1. The Morgan fingerprint density at radius 2 is 2.06 bits per heavy atom. The Kier molecular flexibility index (Phi) is 3.21. The third kappa shape index (κ3) is 1.74. The molecule has 0 unspecified atom stereocenters. The zero-order valence-corrected chi connectivity index (χ0v) is 11.4. The third-order valence-electron chi connectivity index (χ3n) is 4.38. The number of methoxy groups -OCH3 is 1. The van der Waals surface area contributed by atoms with Gasteiger partial charge in [-0.25, -0.2) is 4.79 Å². The van der Waals surface area contributed by atoms with Gasteiger partial charge in [-0.1, -0.05) is 12.5 Å². The first-order valence-electron chi connectivity index (χ1n) is 6.40. The summed E-state index contributed by atoms with van der Waals surface area (Å²) in [6.07, 6.45) is 2.16. The van der Waals surface area contributed by atoms with Gasteiger partial charge in [-0.05, 0) is 32.6 Å². The van der Waals surface area contributed by atoms with E-state index in [9.17, 15) is 9.59 Å². The van der Waals surface area contributed by atoms with E-state index in [1.54, 1.807) is 0 Å². The average Bonchev–Trinajstić information content (AvgIpc) is 2.82. The summed E-state index contributed by atoms with van der Waals surface area (Å²) in [5.41, 5.74) is 1.02. The van der Waals surface area contributed by atoms with Crippen LogP contribution >= 0.6 is 0 Å². The molecule has 1 aliphatic carbocycles. The van der Waals surface area contributed by atoms with Crippen LogP contribution in [0.5, 0.6) is 0 Å². The Hall–Kier alpha value is -1.32. The van der Waals surface area contributed by atoms with E-state index in [1.807, 2.05) is 20.8 Å². The molecule has 1 saturated heterocycles. The molecule has 4 nitrogen and oxygen atoms in total. The van der Waals surface area contributed by atoms with Crippen molar-refractivity contribution in [2.24, 2.45) is 11.8 Å². The van der Waals surface area contributed by atoms with Crippen molar-refractivity contribution in [3.63, 3.8) is 0 Å². The number of ether oxygens (including phenoxy) is 2. The molecule has 0 amide bonds. The lowest BCUT2D eigenvalue weighted by atomic mass is 9.81. The molecular formula is C14H20O4. The van der Waals surface area contributed by atoms with Gasteiger partial charge in [0.25, 0.3) is 0 Å².